The molecule has 1 rings (SSSR count). The van der Waals surface area contributed by atoms with Gasteiger partial charge in [-0.1, -0.05) is 24.3 Å². The fourth-order valence-corrected chi connectivity index (χ4v) is 2.11. The second-order valence-electron chi connectivity index (χ2n) is 5.39. The van der Waals surface area contributed by atoms with Crippen molar-refractivity contribution >= 4 is 11.9 Å². The maximum Gasteiger partial charge on any atom is 0.339 e. The minimum Gasteiger partial charge on any atom is -0.462 e. The van der Waals surface area contributed by atoms with E-state index in [4.69, 9.17) is 9.47 Å². The number of hydrogen-bond donors (Lipinski definition) is 0. The first kappa shape index (κ1) is 19.7. The van der Waals surface area contributed by atoms with Gasteiger partial charge in [-0.05, 0) is 50.7 Å². The van der Waals surface area contributed by atoms with Crippen LogP contribution < -0.4 is 0 Å². The lowest BCUT2D eigenvalue weighted by Gasteiger charge is -2.09. The summed E-state index contributed by atoms with van der Waals surface area (Å²) in [6.45, 7) is 7.96. The third-order valence-electron chi connectivity index (χ3n) is 3.44. The number of hydrogen-bond acceptors (Lipinski definition) is 4. The molecule has 0 spiro atoms. The molecule has 4 heteroatoms. The number of carbonyl (C=O) groups is 2. The summed E-state index contributed by atoms with van der Waals surface area (Å²) in [5.41, 5.74) is 0.495. The fraction of sp³-hybridized carbons (Fsp3) is 0.400. The Morgan fingerprint density at radius 3 is 1.58 bits per heavy atom. The number of ether oxygens (including phenoxy) is 2. The molecule has 0 aliphatic rings. The lowest BCUT2D eigenvalue weighted by molar-refractivity contribution is 0.0451. The van der Waals surface area contributed by atoms with E-state index in [1.54, 1.807) is 24.3 Å². The minimum atomic E-state index is -0.493. The van der Waals surface area contributed by atoms with E-state index in [0.717, 1.165) is 38.5 Å². The second kappa shape index (κ2) is 12.1. The zero-order chi connectivity index (χ0) is 17.6. The molecule has 0 saturated carbocycles. The van der Waals surface area contributed by atoms with Gasteiger partial charge in [-0.15, -0.1) is 13.2 Å². The SMILES string of the molecule is C=CCCCCOC(=O)c1ccccc1C(=O)OCCCCC=C. The minimum absolute atomic E-state index is 0.248. The van der Waals surface area contributed by atoms with Crippen molar-refractivity contribution < 1.29 is 19.1 Å². The summed E-state index contributed by atoms with van der Waals surface area (Å²) in [5, 5.41) is 0. The predicted octanol–water partition coefficient (Wildman–Crippen LogP) is 4.71. The van der Waals surface area contributed by atoms with Gasteiger partial charge in [0.15, 0.2) is 0 Å². The standard InChI is InChI=1S/C20H26O4/c1-3-5-7-11-15-23-19(21)17-13-9-10-14-18(17)20(22)24-16-12-8-6-4-2/h3-4,9-10,13-14H,1-2,5-8,11-12,15-16H2. The first-order chi connectivity index (χ1) is 11.7. The van der Waals surface area contributed by atoms with E-state index in [2.05, 4.69) is 13.2 Å². The van der Waals surface area contributed by atoms with E-state index in [-0.39, 0.29) is 11.1 Å². The lowest BCUT2D eigenvalue weighted by atomic mass is 10.1. The molecule has 0 aliphatic heterocycles. The van der Waals surface area contributed by atoms with Crippen LogP contribution in [0.25, 0.3) is 0 Å². The van der Waals surface area contributed by atoms with Crippen LogP contribution in [0.1, 0.15) is 59.2 Å². The Morgan fingerprint density at radius 1 is 0.792 bits per heavy atom. The summed E-state index contributed by atoms with van der Waals surface area (Å²) >= 11 is 0. The Labute approximate surface area is 144 Å². The molecule has 0 atom stereocenters. The van der Waals surface area contributed by atoms with Gasteiger partial charge in [-0.3, -0.25) is 0 Å². The van der Waals surface area contributed by atoms with Gasteiger partial charge >= 0.3 is 11.9 Å². The van der Waals surface area contributed by atoms with E-state index < -0.39 is 11.9 Å². The van der Waals surface area contributed by atoms with Crippen LogP contribution in [0.5, 0.6) is 0 Å². The molecular weight excluding hydrogens is 304 g/mol. The van der Waals surface area contributed by atoms with Gasteiger partial charge in [0.1, 0.15) is 0 Å². The number of esters is 2. The number of allylic oxidation sites excluding steroid dienone is 2. The third kappa shape index (κ3) is 7.27. The Balaban J connectivity index is 2.53. The number of unbranched alkanes of at least 4 members (excludes halogenated alkanes) is 4. The summed E-state index contributed by atoms with van der Waals surface area (Å²) in [6.07, 6.45) is 8.85. The van der Waals surface area contributed by atoms with Gasteiger partial charge in [0.25, 0.3) is 0 Å². The molecule has 0 radical (unpaired) electrons. The molecule has 24 heavy (non-hydrogen) atoms. The molecule has 1 aromatic rings. The number of carbonyl (C=O) groups excluding carboxylic acids is 2. The van der Waals surface area contributed by atoms with Crippen molar-refractivity contribution in [2.24, 2.45) is 0 Å². The summed E-state index contributed by atoms with van der Waals surface area (Å²) in [7, 11) is 0. The van der Waals surface area contributed by atoms with Crippen molar-refractivity contribution in [1.29, 1.82) is 0 Å². The normalized spacial score (nSPS) is 10.0. The molecule has 0 amide bonds. The molecule has 4 nitrogen and oxygen atoms in total. The van der Waals surface area contributed by atoms with Crippen LogP contribution in [-0.2, 0) is 9.47 Å². The first-order valence-electron chi connectivity index (χ1n) is 8.35. The largest absolute Gasteiger partial charge is 0.462 e. The summed E-state index contributed by atoms with van der Waals surface area (Å²) < 4.78 is 10.5. The van der Waals surface area contributed by atoms with Crippen LogP contribution in [0.3, 0.4) is 0 Å². The number of benzene rings is 1. The monoisotopic (exact) mass is 330 g/mol. The van der Waals surface area contributed by atoms with Crippen LogP contribution in [0, 0.1) is 0 Å². The van der Waals surface area contributed by atoms with E-state index in [1.165, 1.54) is 0 Å². The highest BCUT2D eigenvalue weighted by molar-refractivity contribution is 6.03. The van der Waals surface area contributed by atoms with E-state index in [1.807, 2.05) is 12.2 Å². The van der Waals surface area contributed by atoms with Crippen LogP contribution >= 0.6 is 0 Å². The molecule has 0 fully saturated rings. The Morgan fingerprint density at radius 2 is 1.21 bits per heavy atom. The average Bonchev–Trinajstić information content (AvgIpc) is 2.61. The van der Waals surface area contributed by atoms with E-state index in [9.17, 15) is 9.59 Å². The van der Waals surface area contributed by atoms with Gasteiger partial charge in [0.05, 0.1) is 24.3 Å². The summed E-state index contributed by atoms with van der Waals surface area (Å²) in [4.78, 5) is 24.3. The molecular formula is C20H26O4. The van der Waals surface area contributed by atoms with Gasteiger partial charge in [0, 0.05) is 0 Å². The van der Waals surface area contributed by atoms with Crippen molar-refractivity contribution in [3.8, 4) is 0 Å². The summed E-state index contributed by atoms with van der Waals surface area (Å²) in [6, 6.07) is 6.57. The van der Waals surface area contributed by atoms with Crippen LogP contribution in [0.2, 0.25) is 0 Å². The molecule has 0 bridgehead atoms. The van der Waals surface area contributed by atoms with Crippen molar-refractivity contribution in [2.45, 2.75) is 38.5 Å². The van der Waals surface area contributed by atoms with Crippen molar-refractivity contribution in [3.05, 3.63) is 60.7 Å². The Bertz CT molecular complexity index is 499. The van der Waals surface area contributed by atoms with Gasteiger partial charge in [-0.2, -0.15) is 0 Å². The zero-order valence-corrected chi connectivity index (χ0v) is 14.2. The molecule has 130 valence electrons. The topological polar surface area (TPSA) is 52.6 Å². The maximum atomic E-state index is 12.2. The van der Waals surface area contributed by atoms with E-state index >= 15 is 0 Å². The lowest BCUT2D eigenvalue weighted by Crippen LogP contribution is -2.15. The van der Waals surface area contributed by atoms with Crippen molar-refractivity contribution in [3.63, 3.8) is 0 Å². The highest BCUT2D eigenvalue weighted by Gasteiger charge is 2.18. The highest BCUT2D eigenvalue weighted by atomic mass is 16.5. The first-order valence-corrected chi connectivity index (χ1v) is 8.35. The van der Waals surface area contributed by atoms with Gasteiger partial charge in [-0.25, -0.2) is 9.59 Å². The Kier molecular flexibility index (Phi) is 9.93. The van der Waals surface area contributed by atoms with Gasteiger partial charge in [0.2, 0.25) is 0 Å². The van der Waals surface area contributed by atoms with Crippen LogP contribution in [0.4, 0.5) is 0 Å². The molecule has 0 saturated heterocycles. The molecule has 0 aliphatic carbocycles. The molecule has 0 unspecified atom stereocenters. The van der Waals surface area contributed by atoms with Crippen LogP contribution in [-0.4, -0.2) is 25.2 Å². The van der Waals surface area contributed by atoms with E-state index in [0.29, 0.717) is 13.2 Å². The van der Waals surface area contributed by atoms with Crippen molar-refractivity contribution in [1.82, 2.24) is 0 Å². The second-order valence-corrected chi connectivity index (χ2v) is 5.39. The average molecular weight is 330 g/mol. The van der Waals surface area contributed by atoms with Crippen LogP contribution in [0.15, 0.2) is 49.6 Å². The molecule has 0 N–H and O–H groups in total. The quantitative estimate of drug-likeness (QED) is 0.316. The highest BCUT2D eigenvalue weighted by Crippen LogP contribution is 2.13. The fourth-order valence-electron chi connectivity index (χ4n) is 2.11. The summed E-state index contributed by atoms with van der Waals surface area (Å²) in [5.74, 6) is -0.986. The maximum absolute atomic E-state index is 12.2. The van der Waals surface area contributed by atoms with Crippen molar-refractivity contribution in [2.75, 3.05) is 13.2 Å². The predicted molar refractivity (Wildman–Crippen MR) is 95.1 cm³/mol. The number of rotatable bonds is 12. The zero-order valence-electron chi connectivity index (χ0n) is 14.2. The smallest absolute Gasteiger partial charge is 0.339 e. The molecule has 1 aromatic carbocycles. The third-order valence-corrected chi connectivity index (χ3v) is 3.44. The Hall–Kier alpha value is -2.36. The molecule has 0 aromatic heterocycles. The molecule has 0 heterocycles. The van der Waals surface area contributed by atoms with Gasteiger partial charge < -0.3 is 9.47 Å².